The predicted molar refractivity (Wildman–Crippen MR) is 97.0 cm³/mol. The zero-order chi connectivity index (χ0) is 17.0. The van der Waals surface area contributed by atoms with Crippen LogP contribution >= 0.6 is 15.9 Å². The van der Waals surface area contributed by atoms with E-state index in [0.29, 0.717) is 5.69 Å². The average molecular weight is 369 g/mol. The Bertz CT molecular complexity index is 791. The van der Waals surface area contributed by atoms with Crippen LogP contribution in [0, 0.1) is 32.1 Å². The third kappa shape index (κ3) is 4.30. The van der Waals surface area contributed by atoms with Crippen molar-refractivity contribution in [2.24, 2.45) is 0 Å². The SMILES string of the molecule is Cc1cc(C)c(/C=C(/C#N)C(=O)Nc2ccc(Br)cc2)c(C)c1. The summed E-state index contributed by atoms with van der Waals surface area (Å²) in [5.41, 5.74) is 4.91. The number of amides is 1. The van der Waals surface area contributed by atoms with Crippen molar-refractivity contribution >= 4 is 33.6 Å². The average Bonchev–Trinajstić information content (AvgIpc) is 2.49. The quantitative estimate of drug-likeness (QED) is 0.617. The minimum absolute atomic E-state index is 0.0861. The van der Waals surface area contributed by atoms with Gasteiger partial charge in [-0.05, 0) is 67.8 Å². The van der Waals surface area contributed by atoms with Gasteiger partial charge in [0.05, 0.1) is 0 Å². The van der Waals surface area contributed by atoms with Crippen LogP contribution in [0.15, 0.2) is 46.4 Å². The molecule has 0 heterocycles. The minimum Gasteiger partial charge on any atom is -0.321 e. The van der Waals surface area contributed by atoms with Crippen molar-refractivity contribution in [1.29, 1.82) is 5.26 Å². The lowest BCUT2D eigenvalue weighted by atomic mass is 9.98. The molecule has 0 atom stereocenters. The van der Waals surface area contributed by atoms with Gasteiger partial charge in [-0.25, -0.2) is 0 Å². The normalized spacial score (nSPS) is 11.0. The van der Waals surface area contributed by atoms with Gasteiger partial charge >= 0.3 is 0 Å². The maximum absolute atomic E-state index is 12.3. The fourth-order valence-electron chi connectivity index (χ4n) is 2.44. The molecule has 0 radical (unpaired) electrons. The van der Waals surface area contributed by atoms with Crippen LogP contribution in [0.2, 0.25) is 0 Å². The smallest absolute Gasteiger partial charge is 0.266 e. The van der Waals surface area contributed by atoms with E-state index in [-0.39, 0.29) is 5.57 Å². The van der Waals surface area contributed by atoms with Gasteiger partial charge in [0.2, 0.25) is 0 Å². The summed E-state index contributed by atoms with van der Waals surface area (Å²) in [6.45, 7) is 5.99. The zero-order valence-corrected chi connectivity index (χ0v) is 14.9. The molecule has 1 amide bonds. The molecule has 2 aromatic carbocycles. The first-order chi connectivity index (χ1) is 10.9. The van der Waals surface area contributed by atoms with Crippen molar-refractivity contribution < 1.29 is 4.79 Å². The number of hydrogen-bond donors (Lipinski definition) is 1. The summed E-state index contributed by atoms with van der Waals surface area (Å²) >= 11 is 3.34. The van der Waals surface area contributed by atoms with Crippen molar-refractivity contribution in [3.8, 4) is 6.07 Å². The molecule has 0 aliphatic heterocycles. The Labute approximate surface area is 144 Å². The summed E-state index contributed by atoms with van der Waals surface area (Å²) in [5, 5.41) is 12.1. The molecule has 2 rings (SSSR count). The predicted octanol–water partition coefficient (Wildman–Crippen LogP) is 4.92. The molecule has 0 aliphatic rings. The highest BCUT2D eigenvalue weighted by atomic mass is 79.9. The van der Waals surface area contributed by atoms with Gasteiger partial charge in [0.15, 0.2) is 0 Å². The Morgan fingerprint density at radius 1 is 1.13 bits per heavy atom. The number of nitriles is 1. The number of rotatable bonds is 3. The van der Waals surface area contributed by atoms with Gasteiger partial charge in [-0.2, -0.15) is 5.26 Å². The van der Waals surface area contributed by atoms with Crippen LogP contribution in [0.4, 0.5) is 5.69 Å². The van der Waals surface area contributed by atoms with Gasteiger partial charge in [-0.1, -0.05) is 33.6 Å². The van der Waals surface area contributed by atoms with E-state index in [1.807, 2.05) is 51.1 Å². The molecule has 0 spiro atoms. The number of carbonyl (C=O) groups excluding carboxylic acids is 1. The van der Waals surface area contributed by atoms with Gasteiger partial charge in [-0.3, -0.25) is 4.79 Å². The van der Waals surface area contributed by atoms with Crippen molar-refractivity contribution in [3.05, 3.63) is 68.7 Å². The van der Waals surface area contributed by atoms with E-state index in [2.05, 4.69) is 21.2 Å². The number of anilines is 1. The summed E-state index contributed by atoms with van der Waals surface area (Å²) in [5.74, 6) is -0.408. The second kappa shape index (κ2) is 7.26. The standard InChI is InChI=1S/C19H17BrN2O/c1-12-8-13(2)18(14(3)9-12)10-15(11-21)19(23)22-17-6-4-16(20)5-7-17/h4-10H,1-3H3,(H,22,23)/b15-10-. The number of halogens is 1. The second-order valence-electron chi connectivity index (χ2n) is 5.44. The van der Waals surface area contributed by atoms with Gasteiger partial charge in [0.25, 0.3) is 5.91 Å². The number of aryl methyl sites for hydroxylation is 3. The van der Waals surface area contributed by atoms with Crippen LogP contribution in [0.25, 0.3) is 6.08 Å². The molecule has 0 saturated carbocycles. The van der Waals surface area contributed by atoms with Crippen LogP contribution in [0.1, 0.15) is 22.3 Å². The second-order valence-corrected chi connectivity index (χ2v) is 6.36. The summed E-state index contributed by atoms with van der Waals surface area (Å²) in [6.07, 6.45) is 1.65. The van der Waals surface area contributed by atoms with Crippen molar-refractivity contribution in [2.75, 3.05) is 5.32 Å². The van der Waals surface area contributed by atoms with E-state index in [9.17, 15) is 10.1 Å². The lowest BCUT2D eigenvalue weighted by Gasteiger charge is -2.09. The number of nitrogens with zero attached hydrogens (tertiary/aromatic N) is 1. The molecule has 1 N–H and O–H groups in total. The Balaban J connectivity index is 2.30. The van der Waals surface area contributed by atoms with Crippen molar-refractivity contribution in [1.82, 2.24) is 0 Å². The molecule has 0 saturated heterocycles. The molecule has 3 nitrogen and oxygen atoms in total. The molecule has 0 aromatic heterocycles. The van der Waals surface area contributed by atoms with E-state index >= 15 is 0 Å². The number of hydrogen-bond acceptors (Lipinski definition) is 2. The molecular weight excluding hydrogens is 352 g/mol. The van der Waals surface area contributed by atoms with Crippen LogP contribution in [-0.2, 0) is 4.79 Å². The lowest BCUT2D eigenvalue weighted by Crippen LogP contribution is -2.13. The third-order valence-electron chi connectivity index (χ3n) is 3.49. The third-order valence-corrected chi connectivity index (χ3v) is 4.02. The van der Waals surface area contributed by atoms with Gasteiger partial charge in [0.1, 0.15) is 11.6 Å². The van der Waals surface area contributed by atoms with E-state index < -0.39 is 5.91 Å². The summed E-state index contributed by atoms with van der Waals surface area (Å²) in [4.78, 5) is 12.3. The Morgan fingerprint density at radius 3 is 2.22 bits per heavy atom. The van der Waals surface area contributed by atoms with Crippen LogP contribution in [0.5, 0.6) is 0 Å². The largest absolute Gasteiger partial charge is 0.321 e. The maximum Gasteiger partial charge on any atom is 0.266 e. The van der Waals surface area contributed by atoms with Crippen LogP contribution < -0.4 is 5.32 Å². The molecule has 23 heavy (non-hydrogen) atoms. The van der Waals surface area contributed by atoms with Gasteiger partial charge in [-0.15, -0.1) is 0 Å². The van der Waals surface area contributed by atoms with E-state index in [4.69, 9.17) is 0 Å². The first-order valence-corrected chi connectivity index (χ1v) is 7.96. The molecule has 2 aromatic rings. The highest BCUT2D eigenvalue weighted by Gasteiger charge is 2.11. The topological polar surface area (TPSA) is 52.9 Å². The molecule has 0 bridgehead atoms. The summed E-state index contributed by atoms with van der Waals surface area (Å²) in [7, 11) is 0. The zero-order valence-electron chi connectivity index (χ0n) is 13.3. The monoisotopic (exact) mass is 368 g/mol. The van der Waals surface area contributed by atoms with E-state index in [1.54, 1.807) is 18.2 Å². The first kappa shape index (κ1) is 17.0. The number of nitrogens with one attached hydrogen (secondary N) is 1. The highest BCUT2D eigenvalue weighted by Crippen LogP contribution is 2.20. The maximum atomic E-state index is 12.3. The van der Waals surface area contributed by atoms with Crippen molar-refractivity contribution in [3.63, 3.8) is 0 Å². The summed E-state index contributed by atoms with van der Waals surface area (Å²) in [6, 6.07) is 13.3. The van der Waals surface area contributed by atoms with E-state index in [1.165, 1.54) is 0 Å². The fraction of sp³-hybridized carbons (Fsp3) is 0.158. The Kier molecular flexibility index (Phi) is 5.36. The molecular formula is C19H17BrN2O. The van der Waals surface area contributed by atoms with Gasteiger partial charge in [0, 0.05) is 10.2 Å². The van der Waals surface area contributed by atoms with Crippen LogP contribution in [0.3, 0.4) is 0 Å². The van der Waals surface area contributed by atoms with Crippen molar-refractivity contribution in [2.45, 2.75) is 20.8 Å². The molecule has 116 valence electrons. The molecule has 0 fully saturated rings. The Morgan fingerprint density at radius 2 is 1.70 bits per heavy atom. The highest BCUT2D eigenvalue weighted by molar-refractivity contribution is 9.10. The fourth-order valence-corrected chi connectivity index (χ4v) is 2.71. The number of benzene rings is 2. The molecule has 0 aliphatic carbocycles. The van der Waals surface area contributed by atoms with Gasteiger partial charge < -0.3 is 5.32 Å². The van der Waals surface area contributed by atoms with Crippen LogP contribution in [-0.4, -0.2) is 5.91 Å². The Hall–Kier alpha value is -2.38. The minimum atomic E-state index is -0.408. The number of carbonyl (C=O) groups is 1. The first-order valence-electron chi connectivity index (χ1n) is 7.17. The molecule has 0 unspecified atom stereocenters. The summed E-state index contributed by atoms with van der Waals surface area (Å²) < 4.78 is 0.928. The lowest BCUT2D eigenvalue weighted by molar-refractivity contribution is -0.112. The molecule has 4 heteroatoms. The van der Waals surface area contributed by atoms with E-state index in [0.717, 1.165) is 26.7 Å².